The maximum atomic E-state index is 13.8. The summed E-state index contributed by atoms with van der Waals surface area (Å²) in [6.07, 6.45) is 2.04. The molecule has 1 heterocycles. The lowest BCUT2D eigenvalue weighted by Gasteiger charge is -2.36. The van der Waals surface area contributed by atoms with E-state index in [1.54, 1.807) is 11.0 Å². The Kier molecular flexibility index (Phi) is 7.12. The molecule has 0 atom stereocenters. The first kappa shape index (κ1) is 24.0. The maximum absolute atomic E-state index is 13.8. The molecule has 170 valence electrons. The summed E-state index contributed by atoms with van der Waals surface area (Å²) in [5.74, 6) is 4.96. The van der Waals surface area contributed by atoms with Gasteiger partial charge in [0.15, 0.2) is 0 Å². The highest BCUT2D eigenvalue weighted by Gasteiger charge is 2.34. The number of carbonyl (C=O) groups is 2. The summed E-state index contributed by atoms with van der Waals surface area (Å²) >= 11 is 1.10. The van der Waals surface area contributed by atoms with E-state index in [2.05, 4.69) is 11.8 Å². The lowest BCUT2D eigenvalue weighted by molar-refractivity contribution is 0.0702. The molecule has 0 aliphatic heterocycles. The molecule has 32 heavy (non-hydrogen) atoms. The second-order valence-electron chi connectivity index (χ2n) is 9.59. The molecule has 1 aliphatic carbocycles. The van der Waals surface area contributed by atoms with Crippen molar-refractivity contribution in [1.29, 1.82) is 0 Å². The normalized spacial score (nSPS) is 18.6. The summed E-state index contributed by atoms with van der Waals surface area (Å²) < 4.78 is 0. The van der Waals surface area contributed by atoms with Crippen LogP contribution in [0.4, 0.5) is 5.69 Å². The fraction of sp³-hybridized carbons (Fsp3) is 0.462. The molecule has 6 heteroatoms. The molecule has 0 unspecified atom stereocenters. The molecule has 0 radical (unpaired) electrons. The smallest absolute Gasteiger partial charge is 0.348 e. The zero-order valence-corrected chi connectivity index (χ0v) is 20.2. The average Bonchev–Trinajstić information content (AvgIpc) is 3.12. The Balaban J connectivity index is 2.12. The second-order valence-corrected chi connectivity index (χ2v) is 10.6. The van der Waals surface area contributed by atoms with Crippen molar-refractivity contribution in [1.82, 2.24) is 0 Å². The number of aromatic carboxylic acids is 1. The standard InChI is InChI=1S/C26H31NO4S/c1-16-6-11-21(17(2)14-16)24(29)27(18-7-9-19(28)10-8-18)22-15-20(12-13-26(3,4)5)32-23(22)25(30)31/h6,11,14-15,18-19,28H,7-10H2,1-5H3,(H,30,31). The molecule has 5 nitrogen and oxygen atoms in total. The van der Waals surface area contributed by atoms with Crippen molar-refractivity contribution < 1.29 is 19.8 Å². The van der Waals surface area contributed by atoms with Gasteiger partial charge in [0.05, 0.1) is 16.7 Å². The summed E-state index contributed by atoms with van der Waals surface area (Å²) in [6.45, 7) is 9.86. The molecule has 0 spiro atoms. The molecule has 1 aliphatic rings. The number of thiophene rings is 1. The Morgan fingerprint density at radius 1 is 1.09 bits per heavy atom. The number of rotatable bonds is 4. The van der Waals surface area contributed by atoms with Gasteiger partial charge in [-0.25, -0.2) is 4.79 Å². The molecule has 1 fully saturated rings. The number of anilines is 1. The second kappa shape index (κ2) is 9.48. The molecule has 1 aromatic heterocycles. The first-order chi connectivity index (χ1) is 15.0. The summed E-state index contributed by atoms with van der Waals surface area (Å²) in [5.41, 5.74) is 2.66. The predicted molar refractivity (Wildman–Crippen MR) is 129 cm³/mol. The van der Waals surface area contributed by atoms with Crippen LogP contribution in [0.15, 0.2) is 24.3 Å². The van der Waals surface area contributed by atoms with E-state index in [9.17, 15) is 19.8 Å². The Bertz CT molecular complexity index is 1080. The Hall–Kier alpha value is -2.62. The van der Waals surface area contributed by atoms with Gasteiger partial charge in [0, 0.05) is 17.0 Å². The van der Waals surface area contributed by atoms with Crippen molar-refractivity contribution in [2.75, 3.05) is 4.90 Å². The number of aliphatic hydroxyl groups excluding tert-OH is 1. The number of benzene rings is 1. The summed E-state index contributed by atoms with van der Waals surface area (Å²) in [5, 5.41) is 19.9. The van der Waals surface area contributed by atoms with Gasteiger partial charge in [-0.05, 0) is 78.0 Å². The quantitative estimate of drug-likeness (QED) is 0.607. The van der Waals surface area contributed by atoms with E-state index in [0.717, 1.165) is 22.5 Å². The summed E-state index contributed by atoms with van der Waals surface area (Å²) in [6, 6.07) is 7.23. The fourth-order valence-electron chi connectivity index (χ4n) is 4.00. The van der Waals surface area contributed by atoms with Crippen LogP contribution in [0.5, 0.6) is 0 Å². The molecule has 1 aromatic carbocycles. The molecule has 0 saturated heterocycles. The SMILES string of the molecule is Cc1ccc(C(=O)N(c2cc(C#CC(C)(C)C)sc2C(=O)O)C2CCC(O)CC2)c(C)c1. The molecular formula is C26H31NO4S. The largest absolute Gasteiger partial charge is 0.477 e. The number of amides is 1. The highest BCUT2D eigenvalue weighted by atomic mass is 32.1. The first-order valence-electron chi connectivity index (χ1n) is 11.0. The number of hydrogen-bond donors (Lipinski definition) is 2. The lowest BCUT2D eigenvalue weighted by atomic mass is 9.90. The van der Waals surface area contributed by atoms with Crippen LogP contribution in [0.1, 0.15) is 82.5 Å². The van der Waals surface area contributed by atoms with Gasteiger partial charge in [-0.1, -0.05) is 29.5 Å². The van der Waals surface area contributed by atoms with Gasteiger partial charge in [0.25, 0.3) is 5.91 Å². The van der Waals surface area contributed by atoms with Gasteiger partial charge in [0.1, 0.15) is 4.88 Å². The maximum Gasteiger partial charge on any atom is 0.348 e. The molecule has 1 saturated carbocycles. The van der Waals surface area contributed by atoms with E-state index >= 15 is 0 Å². The van der Waals surface area contributed by atoms with E-state index in [0.29, 0.717) is 41.8 Å². The highest BCUT2D eigenvalue weighted by molar-refractivity contribution is 7.15. The Morgan fingerprint density at radius 2 is 1.75 bits per heavy atom. The fourth-order valence-corrected chi connectivity index (χ4v) is 4.84. The van der Waals surface area contributed by atoms with Gasteiger partial charge in [-0.2, -0.15) is 0 Å². The third-order valence-corrected chi connectivity index (χ3v) is 6.62. The van der Waals surface area contributed by atoms with E-state index < -0.39 is 5.97 Å². The first-order valence-corrected chi connectivity index (χ1v) is 11.8. The van der Waals surface area contributed by atoms with Gasteiger partial charge < -0.3 is 15.1 Å². The van der Waals surface area contributed by atoms with Crippen molar-refractivity contribution in [3.63, 3.8) is 0 Å². The average molecular weight is 454 g/mol. The monoisotopic (exact) mass is 453 g/mol. The van der Waals surface area contributed by atoms with Gasteiger partial charge >= 0.3 is 5.97 Å². The third kappa shape index (κ3) is 5.59. The van der Waals surface area contributed by atoms with Crippen molar-refractivity contribution in [3.8, 4) is 11.8 Å². The van der Waals surface area contributed by atoms with Crippen LogP contribution in [0.2, 0.25) is 0 Å². The zero-order valence-electron chi connectivity index (χ0n) is 19.4. The lowest BCUT2D eigenvalue weighted by Crippen LogP contribution is -2.44. The Morgan fingerprint density at radius 3 is 2.31 bits per heavy atom. The van der Waals surface area contributed by atoms with E-state index in [-0.39, 0.29) is 28.3 Å². The number of carboxylic acids is 1. The number of aryl methyl sites for hydroxylation is 2. The van der Waals surface area contributed by atoms with Crippen LogP contribution in [0, 0.1) is 31.1 Å². The minimum Gasteiger partial charge on any atom is -0.477 e. The number of carbonyl (C=O) groups excluding carboxylic acids is 1. The topological polar surface area (TPSA) is 77.8 Å². The van der Waals surface area contributed by atoms with Crippen LogP contribution in [0.3, 0.4) is 0 Å². The minimum atomic E-state index is -1.07. The molecule has 3 rings (SSSR count). The zero-order chi connectivity index (χ0) is 23.6. The predicted octanol–water partition coefficient (Wildman–Crippen LogP) is 5.41. The van der Waals surface area contributed by atoms with Crippen molar-refractivity contribution in [3.05, 3.63) is 50.7 Å². The van der Waals surface area contributed by atoms with E-state index in [1.165, 1.54) is 0 Å². The molecular weight excluding hydrogens is 422 g/mol. The molecule has 1 amide bonds. The third-order valence-electron chi connectivity index (χ3n) is 5.59. The number of aliphatic hydroxyl groups is 1. The Labute approximate surface area is 194 Å². The number of nitrogens with zero attached hydrogens (tertiary/aromatic N) is 1. The van der Waals surface area contributed by atoms with Gasteiger partial charge in [0.2, 0.25) is 0 Å². The molecule has 2 aromatic rings. The summed E-state index contributed by atoms with van der Waals surface area (Å²) in [4.78, 5) is 28.3. The van der Waals surface area contributed by atoms with Crippen LogP contribution in [0.25, 0.3) is 0 Å². The molecule has 0 bridgehead atoms. The minimum absolute atomic E-state index is 0.118. The van der Waals surface area contributed by atoms with Crippen molar-refractivity contribution >= 4 is 28.9 Å². The summed E-state index contributed by atoms with van der Waals surface area (Å²) in [7, 11) is 0. The van der Waals surface area contributed by atoms with Crippen LogP contribution in [-0.2, 0) is 0 Å². The van der Waals surface area contributed by atoms with Crippen LogP contribution in [-0.4, -0.2) is 34.2 Å². The number of carboxylic acid groups (broad SMARTS) is 1. The van der Waals surface area contributed by atoms with Crippen LogP contribution >= 0.6 is 11.3 Å². The van der Waals surface area contributed by atoms with Crippen molar-refractivity contribution in [2.45, 2.75) is 72.4 Å². The molecule has 2 N–H and O–H groups in total. The number of hydrogen-bond acceptors (Lipinski definition) is 4. The van der Waals surface area contributed by atoms with E-state index in [4.69, 9.17) is 0 Å². The highest BCUT2D eigenvalue weighted by Crippen LogP contribution is 2.36. The van der Waals surface area contributed by atoms with Crippen LogP contribution < -0.4 is 4.90 Å². The van der Waals surface area contributed by atoms with Gasteiger partial charge in [-0.3, -0.25) is 4.79 Å². The van der Waals surface area contributed by atoms with Gasteiger partial charge in [-0.15, -0.1) is 11.3 Å². The van der Waals surface area contributed by atoms with Crippen molar-refractivity contribution in [2.24, 2.45) is 5.41 Å². The van der Waals surface area contributed by atoms with E-state index in [1.807, 2.05) is 52.8 Å².